The van der Waals surface area contributed by atoms with E-state index in [4.69, 9.17) is 5.10 Å². The Bertz CT molecular complexity index is 958. The van der Waals surface area contributed by atoms with E-state index in [-0.39, 0.29) is 11.8 Å². The first kappa shape index (κ1) is 18.4. The zero-order valence-electron chi connectivity index (χ0n) is 16.8. The second kappa shape index (κ2) is 7.01. The lowest BCUT2D eigenvalue weighted by molar-refractivity contribution is -0.142. The fourth-order valence-corrected chi connectivity index (χ4v) is 5.08. The molecule has 6 heteroatoms. The van der Waals surface area contributed by atoms with Crippen molar-refractivity contribution in [1.82, 2.24) is 14.7 Å². The van der Waals surface area contributed by atoms with Crippen LogP contribution >= 0.6 is 0 Å². The molecule has 152 valence electrons. The molecule has 2 heterocycles. The molecule has 0 unspecified atom stereocenters. The third-order valence-electron chi connectivity index (χ3n) is 6.86. The summed E-state index contributed by atoms with van der Waals surface area (Å²) >= 11 is 0. The summed E-state index contributed by atoms with van der Waals surface area (Å²) in [7, 11) is 0. The van der Waals surface area contributed by atoms with Crippen LogP contribution < -0.4 is 0 Å². The van der Waals surface area contributed by atoms with E-state index in [9.17, 15) is 14.7 Å². The van der Waals surface area contributed by atoms with Crippen molar-refractivity contribution in [3.8, 4) is 5.69 Å². The average Bonchev–Trinajstić information content (AvgIpc) is 3.35. The van der Waals surface area contributed by atoms with E-state index in [0.29, 0.717) is 24.7 Å². The molecule has 0 bridgehead atoms. The fraction of sp³-hybridized carbons (Fsp3) is 0.522. The Kier molecular flexibility index (Phi) is 4.45. The number of carbonyl (C=O) groups is 2. The minimum Gasteiger partial charge on any atom is -0.481 e. The van der Waals surface area contributed by atoms with Crippen LogP contribution in [-0.2, 0) is 17.6 Å². The predicted octanol–water partition coefficient (Wildman–Crippen LogP) is 3.24. The summed E-state index contributed by atoms with van der Waals surface area (Å²) in [5, 5.41) is 14.4. The third kappa shape index (κ3) is 3.24. The van der Waals surface area contributed by atoms with Gasteiger partial charge in [-0.2, -0.15) is 5.10 Å². The lowest BCUT2D eigenvalue weighted by Gasteiger charge is -2.17. The lowest BCUT2D eigenvalue weighted by atomic mass is 9.92. The highest BCUT2D eigenvalue weighted by molar-refractivity contribution is 5.95. The molecule has 2 fully saturated rings. The van der Waals surface area contributed by atoms with Gasteiger partial charge in [-0.25, -0.2) is 4.68 Å². The summed E-state index contributed by atoms with van der Waals surface area (Å²) in [5.74, 6) is -0.756. The lowest BCUT2D eigenvalue weighted by Crippen LogP contribution is -2.31. The van der Waals surface area contributed by atoms with Crippen molar-refractivity contribution >= 4 is 11.9 Å². The number of carboxylic acids is 1. The largest absolute Gasteiger partial charge is 0.481 e. The van der Waals surface area contributed by atoms with Crippen molar-refractivity contribution in [2.24, 2.45) is 17.8 Å². The second-order valence-electron chi connectivity index (χ2n) is 8.88. The number of aliphatic carboxylic acids is 1. The van der Waals surface area contributed by atoms with Crippen LogP contribution in [0.5, 0.6) is 0 Å². The molecule has 2 atom stereocenters. The van der Waals surface area contributed by atoms with Gasteiger partial charge in [-0.15, -0.1) is 0 Å². The van der Waals surface area contributed by atoms with Crippen LogP contribution in [0.1, 0.15) is 53.0 Å². The Balaban J connectivity index is 1.48. The molecule has 3 aliphatic rings. The Hall–Kier alpha value is -2.63. The number of aromatic nitrogens is 2. The third-order valence-corrected chi connectivity index (χ3v) is 6.86. The van der Waals surface area contributed by atoms with Crippen LogP contribution in [0.2, 0.25) is 0 Å². The van der Waals surface area contributed by atoms with E-state index < -0.39 is 11.9 Å². The number of benzene rings is 1. The van der Waals surface area contributed by atoms with Gasteiger partial charge in [0.1, 0.15) is 0 Å². The summed E-state index contributed by atoms with van der Waals surface area (Å²) in [6.07, 6.45) is 6.14. The van der Waals surface area contributed by atoms with Crippen LogP contribution in [0, 0.1) is 24.7 Å². The first-order valence-corrected chi connectivity index (χ1v) is 10.7. The summed E-state index contributed by atoms with van der Waals surface area (Å²) in [6, 6.07) is 8.22. The number of hydrogen-bond donors (Lipinski definition) is 1. The van der Waals surface area contributed by atoms with Gasteiger partial charge in [-0.1, -0.05) is 17.7 Å². The fourth-order valence-electron chi connectivity index (χ4n) is 5.08. The normalized spacial score (nSPS) is 23.8. The van der Waals surface area contributed by atoms with Crippen molar-refractivity contribution < 1.29 is 14.7 Å². The molecule has 6 nitrogen and oxygen atoms in total. The Morgan fingerprint density at radius 2 is 1.79 bits per heavy atom. The molecule has 2 aliphatic carbocycles. The molecule has 1 saturated heterocycles. The molecular weight excluding hydrogens is 366 g/mol. The van der Waals surface area contributed by atoms with E-state index in [1.165, 1.54) is 5.56 Å². The van der Waals surface area contributed by atoms with E-state index in [1.54, 1.807) is 4.90 Å². The standard InChI is InChI=1S/C23H27N3O3/c1-14-6-10-16(11-7-14)26-20-5-3-2-4-17(20)21(24-26)22(27)25-12-18(15-8-9-15)19(13-25)23(28)29/h6-7,10-11,15,18-19H,2-5,8-9,12-13H2,1H3,(H,28,29)/t18-,19+/m1/s1. The Morgan fingerprint density at radius 3 is 2.48 bits per heavy atom. The molecule has 0 spiro atoms. The van der Waals surface area contributed by atoms with Crippen molar-refractivity contribution in [3.05, 3.63) is 46.8 Å². The zero-order chi connectivity index (χ0) is 20.1. The molecule has 1 saturated carbocycles. The summed E-state index contributed by atoms with van der Waals surface area (Å²) < 4.78 is 1.93. The van der Waals surface area contributed by atoms with Crippen LogP contribution in [0.25, 0.3) is 5.69 Å². The predicted molar refractivity (Wildman–Crippen MR) is 108 cm³/mol. The molecular formula is C23H27N3O3. The number of amides is 1. The number of nitrogens with zero attached hydrogens (tertiary/aromatic N) is 3. The van der Waals surface area contributed by atoms with Gasteiger partial charge < -0.3 is 10.0 Å². The molecule has 2 aromatic rings. The second-order valence-corrected chi connectivity index (χ2v) is 8.88. The van der Waals surface area contributed by atoms with Crippen molar-refractivity contribution in [2.75, 3.05) is 13.1 Å². The molecule has 29 heavy (non-hydrogen) atoms. The number of rotatable bonds is 4. The van der Waals surface area contributed by atoms with Gasteiger partial charge in [0.2, 0.25) is 0 Å². The SMILES string of the molecule is Cc1ccc(-n2nc(C(=O)N3C[C@H](C(=O)O)[C@@H](C4CC4)C3)c3c2CCCC3)cc1. The summed E-state index contributed by atoms with van der Waals surface area (Å²) in [5.41, 5.74) is 4.89. The van der Waals surface area contributed by atoms with Crippen LogP contribution in [0.3, 0.4) is 0 Å². The number of likely N-dealkylation sites (tertiary alicyclic amines) is 1. The monoisotopic (exact) mass is 393 g/mol. The molecule has 0 radical (unpaired) electrons. The minimum atomic E-state index is -0.774. The van der Waals surface area contributed by atoms with Gasteiger partial charge >= 0.3 is 5.97 Å². The van der Waals surface area contributed by atoms with Crippen molar-refractivity contribution in [2.45, 2.75) is 45.4 Å². The van der Waals surface area contributed by atoms with Crippen molar-refractivity contribution in [3.63, 3.8) is 0 Å². The van der Waals surface area contributed by atoms with Crippen LogP contribution in [0.15, 0.2) is 24.3 Å². The first-order valence-electron chi connectivity index (χ1n) is 10.7. The minimum absolute atomic E-state index is 0.0893. The molecule has 5 rings (SSSR count). The highest BCUT2D eigenvalue weighted by atomic mass is 16.4. The van der Waals surface area contributed by atoms with Crippen LogP contribution in [0.4, 0.5) is 0 Å². The highest BCUT2D eigenvalue weighted by Crippen LogP contribution is 2.44. The topological polar surface area (TPSA) is 75.4 Å². The maximum Gasteiger partial charge on any atom is 0.308 e. The Morgan fingerprint density at radius 1 is 1.07 bits per heavy atom. The smallest absolute Gasteiger partial charge is 0.308 e. The van der Waals surface area contributed by atoms with Gasteiger partial charge in [0.15, 0.2) is 5.69 Å². The Labute approximate surface area is 170 Å². The quantitative estimate of drug-likeness (QED) is 0.865. The number of carbonyl (C=O) groups excluding carboxylic acids is 1. The van der Waals surface area contributed by atoms with Gasteiger partial charge in [0, 0.05) is 24.3 Å². The van der Waals surface area contributed by atoms with Gasteiger partial charge in [0.05, 0.1) is 11.6 Å². The van der Waals surface area contributed by atoms with E-state index >= 15 is 0 Å². The molecule has 1 aromatic heterocycles. The molecule has 1 aromatic carbocycles. The van der Waals surface area contributed by atoms with Crippen LogP contribution in [-0.4, -0.2) is 44.8 Å². The molecule has 1 N–H and O–H groups in total. The van der Waals surface area contributed by atoms with Gasteiger partial charge in [0.25, 0.3) is 5.91 Å². The van der Waals surface area contributed by atoms with Crippen molar-refractivity contribution in [1.29, 1.82) is 0 Å². The first-order chi connectivity index (χ1) is 14.0. The number of hydrogen-bond acceptors (Lipinski definition) is 3. The van der Waals surface area contributed by atoms with E-state index in [0.717, 1.165) is 55.5 Å². The van der Waals surface area contributed by atoms with E-state index in [2.05, 4.69) is 19.1 Å². The number of fused-ring (bicyclic) bond motifs is 1. The molecule has 1 aliphatic heterocycles. The molecule has 1 amide bonds. The average molecular weight is 393 g/mol. The highest BCUT2D eigenvalue weighted by Gasteiger charge is 2.47. The zero-order valence-corrected chi connectivity index (χ0v) is 16.8. The van der Waals surface area contributed by atoms with Gasteiger partial charge in [-0.3, -0.25) is 9.59 Å². The van der Waals surface area contributed by atoms with E-state index in [1.807, 2.05) is 16.8 Å². The van der Waals surface area contributed by atoms with Gasteiger partial charge in [-0.05, 0) is 69.4 Å². The maximum absolute atomic E-state index is 13.4. The summed E-state index contributed by atoms with van der Waals surface area (Å²) in [4.78, 5) is 26.9. The number of aryl methyl sites for hydroxylation is 1. The maximum atomic E-state index is 13.4. The number of carboxylic acid groups (broad SMARTS) is 1. The summed E-state index contributed by atoms with van der Waals surface area (Å²) in [6.45, 7) is 2.91.